The maximum absolute atomic E-state index is 13.6. The fourth-order valence-corrected chi connectivity index (χ4v) is 2.38. The Balaban J connectivity index is 2.32. The molecule has 0 unspecified atom stereocenters. The molecule has 0 aromatic heterocycles. The second-order valence-electron chi connectivity index (χ2n) is 5.55. The van der Waals surface area contributed by atoms with Gasteiger partial charge in [-0.3, -0.25) is 0 Å². The molecule has 1 aromatic rings. The summed E-state index contributed by atoms with van der Waals surface area (Å²) in [5.74, 6) is 0.424. The van der Waals surface area contributed by atoms with Gasteiger partial charge in [-0.05, 0) is 24.5 Å². The molecule has 0 amide bonds. The van der Waals surface area contributed by atoms with Crippen LogP contribution in [-0.4, -0.2) is 11.5 Å². The van der Waals surface area contributed by atoms with Crippen LogP contribution in [0.4, 0.5) is 10.1 Å². The van der Waals surface area contributed by atoms with Crippen LogP contribution < -0.4 is 11.1 Å². The first-order valence-electron chi connectivity index (χ1n) is 7.34. The minimum Gasteiger partial charge on any atom is -0.389 e. The molecule has 0 aliphatic rings. The summed E-state index contributed by atoms with van der Waals surface area (Å²) < 4.78 is 13.6. The molecule has 0 spiro atoms. The molecule has 0 saturated heterocycles. The van der Waals surface area contributed by atoms with Crippen LogP contribution in [0.15, 0.2) is 18.2 Å². The summed E-state index contributed by atoms with van der Waals surface area (Å²) >= 11 is 4.90. The summed E-state index contributed by atoms with van der Waals surface area (Å²) in [7, 11) is 0. The number of hydrogen-bond donors (Lipinski definition) is 2. The van der Waals surface area contributed by atoms with E-state index in [1.807, 2.05) is 6.07 Å². The summed E-state index contributed by atoms with van der Waals surface area (Å²) in [6.07, 6.45) is 6.10. The maximum atomic E-state index is 13.6. The fourth-order valence-electron chi connectivity index (χ4n) is 2.18. The third-order valence-corrected chi connectivity index (χ3v) is 3.49. The summed E-state index contributed by atoms with van der Waals surface area (Å²) in [5.41, 5.74) is 6.58. The largest absolute Gasteiger partial charge is 0.389 e. The molecule has 0 radical (unpaired) electrons. The molecule has 0 saturated carbocycles. The number of nitrogens with two attached hydrogens (primary N) is 1. The quantitative estimate of drug-likeness (QED) is 0.521. The second-order valence-corrected chi connectivity index (χ2v) is 5.99. The normalized spacial score (nSPS) is 10.8. The molecule has 4 heteroatoms. The molecule has 0 aliphatic carbocycles. The first-order chi connectivity index (χ1) is 9.52. The third kappa shape index (κ3) is 5.87. The van der Waals surface area contributed by atoms with Gasteiger partial charge >= 0.3 is 0 Å². The SMILES string of the molecule is CC(C)CCCCCCNc1cccc(F)c1C(N)=S. The highest BCUT2D eigenvalue weighted by Crippen LogP contribution is 2.19. The van der Waals surface area contributed by atoms with Crippen LogP contribution in [0.1, 0.15) is 51.5 Å². The van der Waals surface area contributed by atoms with E-state index in [9.17, 15) is 4.39 Å². The molecule has 2 nitrogen and oxygen atoms in total. The molecule has 1 rings (SSSR count). The topological polar surface area (TPSA) is 38.0 Å². The van der Waals surface area contributed by atoms with Gasteiger partial charge in [-0.25, -0.2) is 4.39 Å². The van der Waals surface area contributed by atoms with Crippen molar-refractivity contribution in [3.05, 3.63) is 29.6 Å². The molecule has 0 fully saturated rings. The van der Waals surface area contributed by atoms with Crippen molar-refractivity contribution in [2.75, 3.05) is 11.9 Å². The number of anilines is 1. The number of halogens is 1. The number of unbranched alkanes of at least 4 members (excludes halogenated alkanes) is 3. The van der Waals surface area contributed by atoms with E-state index >= 15 is 0 Å². The Labute approximate surface area is 126 Å². The van der Waals surface area contributed by atoms with E-state index in [0.717, 1.165) is 18.9 Å². The predicted molar refractivity (Wildman–Crippen MR) is 88.7 cm³/mol. The molecule has 0 heterocycles. The van der Waals surface area contributed by atoms with Crippen LogP contribution in [-0.2, 0) is 0 Å². The van der Waals surface area contributed by atoms with E-state index in [1.54, 1.807) is 6.07 Å². The van der Waals surface area contributed by atoms with Crippen LogP contribution in [0.3, 0.4) is 0 Å². The molecule has 112 valence electrons. The molecule has 3 N–H and O–H groups in total. The standard InChI is InChI=1S/C16H25FN2S/c1-12(2)8-5-3-4-6-11-19-14-10-7-9-13(17)15(14)16(18)20/h7,9-10,12,19H,3-6,8,11H2,1-2H3,(H2,18,20). The Bertz CT molecular complexity index is 432. The second kappa shape index (κ2) is 8.90. The van der Waals surface area contributed by atoms with Gasteiger partial charge in [-0.1, -0.05) is 57.8 Å². The zero-order chi connectivity index (χ0) is 15.0. The van der Waals surface area contributed by atoms with Crippen LogP contribution >= 0.6 is 12.2 Å². The van der Waals surface area contributed by atoms with Gasteiger partial charge in [0.05, 0.1) is 5.56 Å². The summed E-state index contributed by atoms with van der Waals surface area (Å²) in [6, 6.07) is 4.87. The summed E-state index contributed by atoms with van der Waals surface area (Å²) in [5, 5.41) is 3.23. The van der Waals surface area contributed by atoms with Crippen molar-refractivity contribution >= 4 is 22.9 Å². The van der Waals surface area contributed by atoms with Crippen LogP contribution in [0.25, 0.3) is 0 Å². The number of benzene rings is 1. The van der Waals surface area contributed by atoms with Crippen LogP contribution in [0.5, 0.6) is 0 Å². The smallest absolute Gasteiger partial charge is 0.135 e. The number of nitrogens with one attached hydrogen (secondary N) is 1. The molecule has 20 heavy (non-hydrogen) atoms. The Kier molecular flexibility index (Phi) is 7.52. The Hall–Kier alpha value is -1.16. The van der Waals surface area contributed by atoms with Gasteiger partial charge in [0.15, 0.2) is 0 Å². The van der Waals surface area contributed by atoms with Gasteiger partial charge < -0.3 is 11.1 Å². The first-order valence-corrected chi connectivity index (χ1v) is 7.75. The number of hydrogen-bond acceptors (Lipinski definition) is 2. The monoisotopic (exact) mass is 296 g/mol. The lowest BCUT2D eigenvalue weighted by Gasteiger charge is -2.12. The highest BCUT2D eigenvalue weighted by molar-refractivity contribution is 7.80. The van der Waals surface area contributed by atoms with Crippen molar-refractivity contribution in [2.24, 2.45) is 11.7 Å². The van der Waals surface area contributed by atoms with E-state index in [0.29, 0.717) is 11.3 Å². The Morgan fingerprint density at radius 1 is 1.25 bits per heavy atom. The van der Waals surface area contributed by atoms with Crippen molar-refractivity contribution < 1.29 is 4.39 Å². The van der Waals surface area contributed by atoms with Crippen LogP contribution in [0.2, 0.25) is 0 Å². The molecule has 0 bridgehead atoms. The Morgan fingerprint density at radius 3 is 2.60 bits per heavy atom. The maximum Gasteiger partial charge on any atom is 0.135 e. The van der Waals surface area contributed by atoms with E-state index < -0.39 is 0 Å². The van der Waals surface area contributed by atoms with Crippen molar-refractivity contribution in [2.45, 2.75) is 46.0 Å². The lowest BCUT2D eigenvalue weighted by Crippen LogP contribution is -2.15. The number of rotatable bonds is 9. The van der Waals surface area contributed by atoms with E-state index in [-0.39, 0.29) is 10.8 Å². The van der Waals surface area contributed by atoms with Crippen molar-refractivity contribution in [3.63, 3.8) is 0 Å². The van der Waals surface area contributed by atoms with Gasteiger partial charge in [0.25, 0.3) is 0 Å². The van der Waals surface area contributed by atoms with Gasteiger partial charge in [0, 0.05) is 12.2 Å². The van der Waals surface area contributed by atoms with Crippen molar-refractivity contribution in [3.8, 4) is 0 Å². The highest BCUT2D eigenvalue weighted by atomic mass is 32.1. The van der Waals surface area contributed by atoms with Crippen molar-refractivity contribution in [1.82, 2.24) is 0 Å². The summed E-state index contributed by atoms with van der Waals surface area (Å²) in [4.78, 5) is 0.0996. The average molecular weight is 296 g/mol. The van der Waals surface area contributed by atoms with E-state index in [2.05, 4.69) is 19.2 Å². The number of thiocarbonyl (C=S) groups is 1. The zero-order valence-corrected chi connectivity index (χ0v) is 13.2. The molecular weight excluding hydrogens is 271 g/mol. The van der Waals surface area contributed by atoms with Crippen LogP contribution in [0, 0.1) is 11.7 Å². The van der Waals surface area contributed by atoms with E-state index in [1.165, 1.54) is 31.7 Å². The van der Waals surface area contributed by atoms with Gasteiger partial charge in [0.2, 0.25) is 0 Å². The summed E-state index contributed by atoms with van der Waals surface area (Å²) in [6.45, 7) is 5.33. The molecule has 1 aromatic carbocycles. The highest BCUT2D eigenvalue weighted by Gasteiger charge is 2.10. The molecule has 0 atom stereocenters. The fraction of sp³-hybridized carbons (Fsp3) is 0.562. The third-order valence-electron chi connectivity index (χ3n) is 3.28. The van der Waals surface area contributed by atoms with Gasteiger partial charge in [-0.2, -0.15) is 0 Å². The van der Waals surface area contributed by atoms with Crippen molar-refractivity contribution in [1.29, 1.82) is 0 Å². The zero-order valence-electron chi connectivity index (χ0n) is 12.4. The molecule has 0 aliphatic heterocycles. The molecular formula is C16H25FN2S. The lowest BCUT2D eigenvalue weighted by molar-refractivity contribution is 0.523. The van der Waals surface area contributed by atoms with Gasteiger partial charge in [-0.15, -0.1) is 0 Å². The minimum absolute atomic E-state index is 0.0996. The minimum atomic E-state index is -0.362. The first kappa shape index (κ1) is 16.9. The lowest BCUT2D eigenvalue weighted by atomic mass is 10.0. The van der Waals surface area contributed by atoms with E-state index in [4.69, 9.17) is 18.0 Å². The predicted octanol–water partition coefficient (Wildman–Crippen LogP) is 4.48. The van der Waals surface area contributed by atoms with Gasteiger partial charge in [0.1, 0.15) is 10.8 Å². The average Bonchev–Trinajstić information content (AvgIpc) is 2.36. The Morgan fingerprint density at radius 2 is 1.95 bits per heavy atom.